The standard InChI is InChI=1S/C39H52N8O5.Pd/c1-8-24-19(2)27-18-32-35(23(6)48)21(4)29(45-32)16-28-20(3)25(9-10-33(49)42-13-11-40)37(46-28)26(15-34(50)52-7)38-36(39(51)43-14-12-41)22(5)30(47-38)17-31(24)44-27;/h16-20,24-25,44,48H,8-15,40-41H2,1-7H3,(H,42,49)(H,43,51);/q;+2/p-2/b27-18?,28-16?,31-17?,35-23+,38-26?;/t19-,20+,24-,25+;/m1./s1. The molecule has 5 aliphatic rings. The van der Waals surface area contributed by atoms with Gasteiger partial charge in [-0.2, -0.15) is 0 Å². The van der Waals surface area contributed by atoms with Crippen molar-refractivity contribution in [3.63, 3.8) is 0 Å². The van der Waals surface area contributed by atoms with Gasteiger partial charge in [-0.05, 0) is 67.5 Å². The second kappa shape index (κ2) is 17.7. The summed E-state index contributed by atoms with van der Waals surface area (Å²) >= 11 is 0. The van der Waals surface area contributed by atoms with Crippen LogP contribution in [0, 0.1) is 23.7 Å². The minimum atomic E-state index is -0.536. The van der Waals surface area contributed by atoms with Gasteiger partial charge in [0, 0.05) is 78.0 Å². The first kappa shape index (κ1) is 41.5. The summed E-state index contributed by atoms with van der Waals surface area (Å²) in [7, 11) is 1.31. The molecule has 14 heteroatoms. The molecule has 53 heavy (non-hydrogen) atoms. The number of esters is 1. The summed E-state index contributed by atoms with van der Waals surface area (Å²) in [5.74, 6) is -1.69. The van der Waals surface area contributed by atoms with Gasteiger partial charge in [0.2, 0.25) is 5.91 Å². The second-order valence-corrected chi connectivity index (χ2v) is 13.8. The Bertz CT molecular complexity index is 1890. The van der Waals surface area contributed by atoms with E-state index in [0.29, 0.717) is 70.5 Å². The number of carbonyl (C=O) groups excluding carboxylic acids is 2. The first-order chi connectivity index (χ1) is 24.8. The van der Waals surface area contributed by atoms with Gasteiger partial charge >= 0.3 is 26.4 Å². The molecule has 6 N–H and O–H groups in total. The van der Waals surface area contributed by atoms with Crippen LogP contribution in [0.4, 0.5) is 0 Å². The van der Waals surface area contributed by atoms with Gasteiger partial charge in [-0.1, -0.05) is 27.7 Å². The Morgan fingerprint density at radius 2 is 1.70 bits per heavy atom. The Kier molecular flexibility index (Phi) is 13.9. The van der Waals surface area contributed by atoms with E-state index < -0.39 is 11.9 Å². The first-order valence-electron chi connectivity index (χ1n) is 18.0. The van der Waals surface area contributed by atoms with Gasteiger partial charge < -0.3 is 37.1 Å². The summed E-state index contributed by atoms with van der Waals surface area (Å²) in [6, 6.07) is 0. The van der Waals surface area contributed by atoms with Gasteiger partial charge in [0.25, 0.3) is 0 Å². The topological polar surface area (TPSA) is 215 Å². The Labute approximate surface area is 325 Å². The smallest absolute Gasteiger partial charge is 0.875 e. The van der Waals surface area contributed by atoms with Crippen LogP contribution >= 0.6 is 0 Å². The molecule has 286 valence electrons. The minimum Gasteiger partial charge on any atom is -0.875 e. The van der Waals surface area contributed by atoms with E-state index >= 15 is 0 Å². The van der Waals surface area contributed by atoms with Gasteiger partial charge in [-0.25, -0.2) is 9.98 Å². The van der Waals surface area contributed by atoms with Crippen molar-refractivity contribution in [2.45, 2.75) is 67.2 Å². The van der Waals surface area contributed by atoms with Crippen molar-refractivity contribution in [2.75, 3.05) is 33.3 Å². The number of aliphatic imine (C=N–C) groups is 4. The van der Waals surface area contributed by atoms with E-state index in [1.807, 2.05) is 39.0 Å². The first-order valence-corrected chi connectivity index (χ1v) is 18.0. The van der Waals surface area contributed by atoms with Crippen molar-refractivity contribution in [3.8, 4) is 0 Å². The zero-order valence-electron chi connectivity index (χ0n) is 31.5. The number of nitrogens with two attached hydrogens (primary N) is 2. The number of nitrogens with zero attached hydrogens (tertiary/aromatic N) is 4. The van der Waals surface area contributed by atoms with Crippen LogP contribution in [0.2, 0.25) is 0 Å². The molecular formula is C39H50N8O5Pd. The summed E-state index contributed by atoms with van der Waals surface area (Å²) in [4.78, 5) is 45.5. The van der Waals surface area contributed by atoms with Crippen molar-refractivity contribution in [1.29, 1.82) is 0 Å². The van der Waals surface area contributed by atoms with E-state index in [1.165, 1.54) is 7.11 Å². The fraction of sp³-hybridized carbons (Fsp3) is 0.487. The van der Waals surface area contributed by atoms with E-state index in [-0.39, 0.29) is 87.3 Å². The zero-order chi connectivity index (χ0) is 37.9. The predicted molar refractivity (Wildman–Crippen MR) is 200 cm³/mol. The van der Waals surface area contributed by atoms with Gasteiger partial charge in [0.15, 0.2) is 0 Å². The van der Waals surface area contributed by atoms with Gasteiger partial charge in [0.1, 0.15) is 0 Å². The molecule has 0 unspecified atom stereocenters. The number of methoxy groups -OCH3 is 1. The van der Waals surface area contributed by atoms with Crippen LogP contribution in [-0.4, -0.2) is 68.2 Å². The van der Waals surface area contributed by atoms with Crippen molar-refractivity contribution >= 4 is 34.9 Å². The molecule has 0 aliphatic carbocycles. The molecule has 0 aromatic carbocycles. The van der Waals surface area contributed by atoms with Crippen molar-refractivity contribution in [3.05, 3.63) is 80.3 Å². The van der Waals surface area contributed by atoms with Crippen molar-refractivity contribution in [2.24, 2.45) is 55.1 Å². The number of nitrogens with one attached hydrogen (secondary N) is 2. The van der Waals surface area contributed by atoms with Crippen LogP contribution in [0.15, 0.2) is 100 Å². The number of hydrogen-bond donors (Lipinski definition) is 4. The maximum atomic E-state index is 13.9. The number of amides is 1. The summed E-state index contributed by atoms with van der Waals surface area (Å²) in [5.41, 5.74) is 19.0. The van der Waals surface area contributed by atoms with Gasteiger partial charge in [-0.3, -0.25) is 19.6 Å². The number of allylic oxidation sites excluding steroid dienone is 10. The van der Waals surface area contributed by atoms with E-state index in [9.17, 15) is 19.8 Å². The second-order valence-electron chi connectivity index (χ2n) is 13.8. The number of hydrogen-bond acceptors (Lipinski definition) is 12. The monoisotopic (exact) mass is 816 g/mol. The number of ether oxygens (including phenoxy) is 1. The van der Waals surface area contributed by atoms with Gasteiger partial charge in [-0.15, -0.1) is 5.76 Å². The maximum Gasteiger partial charge on any atom is 2.00 e. The average Bonchev–Trinajstić information content (AvgIpc) is 3.80. The average molecular weight is 817 g/mol. The van der Waals surface area contributed by atoms with Crippen LogP contribution < -0.4 is 32.3 Å². The molecule has 13 nitrogen and oxygen atoms in total. The third-order valence-corrected chi connectivity index (χ3v) is 10.5. The number of carbonyl (C=O) groups is 2. The normalized spacial score (nSPS) is 24.9. The molecule has 0 aromatic heterocycles. The summed E-state index contributed by atoms with van der Waals surface area (Å²) in [6.07, 6.45) is 6.96. The Morgan fingerprint density at radius 3 is 2.34 bits per heavy atom. The largest absolute Gasteiger partial charge is 2.00 e. The molecule has 0 aromatic rings. The predicted octanol–water partition coefficient (Wildman–Crippen LogP) is 2.15. The molecule has 5 rings (SSSR count). The molecule has 1 fully saturated rings. The van der Waals surface area contributed by atoms with Crippen LogP contribution in [0.1, 0.15) is 67.2 Å². The summed E-state index contributed by atoms with van der Waals surface area (Å²) in [5, 5.41) is 33.4. The molecule has 5 aliphatic heterocycles. The fourth-order valence-electron chi connectivity index (χ4n) is 7.60. The Morgan fingerprint density at radius 1 is 0.981 bits per heavy atom. The Hall–Kier alpha value is -4.22. The Balaban J connectivity index is 0.00000627. The number of rotatable bonds is 11. The number of fused-ring (bicyclic) bond motifs is 5. The van der Waals surface area contributed by atoms with Crippen LogP contribution in [0.5, 0.6) is 0 Å². The molecular weight excluding hydrogens is 767 g/mol. The third kappa shape index (κ3) is 8.46. The van der Waals surface area contributed by atoms with Crippen LogP contribution in [0.25, 0.3) is 0 Å². The van der Waals surface area contributed by atoms with E-state index in [2.05, 4.69) is 29.5 Å². The molecule has 1 amide bonds. The molecule has 5 heterocycles. The van der Waals surface area contributed by atoms with Crippen molar-refractivity contribution in [1.82, 2.24) is 10.6 Å². The molecule has 0 saturated carbocycles. The van der Waals surface area contributed by atoms with E-state index in [1.54, 1.807) is 6.92 Å². The van der Waals surface area contributed by atoms with Crippen molar-refractivity contribution < 1.29 is 45.0 Å². The minimum absolute atomic E-state index is 0. The third-order valence-electron chi connectivity index (χ3n) is 10.5. The summed E-state index contributed by atoms with van der Waals surface area (Å²) < 4.78 is 5.17. The van der Waals surface area contributed by atoms with E-state index in [4.69, 9.17) is 31.2 Å². The molecule has 0 spiro atoms. The zero-order valence-corrected chi connectivity index (χ0v) is 33.1. The molecule has 8 bridgehead atoms. The van der Waals surface area contributed by atoms with Crippen LogP contribution in [0.3, 0.4) is 0 Å². The van der Waals surface area contributed by atoms with Crippen LogP contribution in [-0.2, 0) is 34.7 Å². The summed E-state index contributed by atoms with van der Waals surface area (Å²) in [6.45, 7) is 12.5. The fourth-order valence-corrected chi connectivity index (χ4v) is 7.60. The maximum absolute atomic E-state index is 13.9. The van der Waals surface area contributed by atoms with Gasteiger partial charge in [0.05, 0.1) is 48.6 Å². The molecule has 4 atom stereocenters. The SMILES string of the molecule is CC[C@H]1C2=CC3=NC(=C(CC(=O)OC)C4=NC(=CC5=C(C)/C(=C(/C)[O-])C(=N5)C=C(N2)[C@@H]1C)[C@@H](C)[C@@H]4CCC(=O)NCCN)C(C([O-])=NCCN)=C3C.[Pd+2]. The molecule has 0 radical (unpaired) electrons. The quantitative estimate of drug-likeness (QED) is 0.0795. The molecule has 1 saturated heterocycles. The van der Waals surface area contributed by atoms with E-state index in [0.717, 1.165) is 23.4 Å².